The number of aromatic nitrogens is 1. The lowest BCUT2D eigenvalue weighted by Crippen LogP contribution is -2.43. The maximum absolute atomic E-state index is 13.0. The van der Waals surface area contributed by atoms with Crippen LogP contribution in [0, 0.1) is 11.7 Å². The van der Waals surface area contributed by atoms with Gasteiger partial charge in [-0.25, -0.2) is 4.39 Å². The van der Waals surface area contributed by atoms with Crippen molar-refractivity contribution in [2.45, 2.75) is 57.2 Å². The largest absolute Gasteiger partial charge is 0.308 e. The molecular weight excluding hydrogens is 265 g/mol. The summed E-state index contributed by atoms with van der Waals surface area (Å²) in [4.78, 5) is 6.80. The van der Waals surface area contributed by atoms with Crippen LogP contribution in [0.25, 0.3) is 0 Å². The van der Waals surface area contributed by atoms with Gasteiger partial charge in [-0.2, -0.15) is 0 Å². The van der Waals surface area contributed by atoms with Gasteiger partial charge in [-0.15, -0.1) is 0 Å². The fourth-order valence-electron chi connectivity index (χ4n) is 4.05. The van der Waals surface area contributed by atoms with Crippen LogP contribution >= 0.6 is 0 Å². The Kier molecular flexibility index (Phi) is 4.55. The molecule has 3 nitrogen and oxygen atoms in total. The lowest BCUT2D eigenvalue weighted by atomic mass is 9.90. The predicted octanol–water partition coefficient (Wildman–Crippen LogP) is 3.13. The first kappa shape index (κ1) is 14.9. The fourth-order valence-corrected chi connectivity index (χ4v) is 4.05. The predicted molar refractivity (Wildman–Crippen MR) is 82.5 cm³/mol. The van der Waals surface area contributed by atoms with Gasteiger partial charge in [-0.3, -0.25) is 4.98 Å². The maximum atomic E-state index is 13.0. The number of hydrogen-bond donors (Lipinski definition) is 1. The van der Waals surface area contributed by atoms with Gasteiger partial charge >= 0.3 is 0 Å². The number of hydrogen-bond acceptors (Lipinski definition) is 3. The lowest BCUT2D eigenvalue weighted by molar-refractivity contribution is 0.131. The zero-order chi connectivity index (χ0) is 14.8. The molecular formula is C17H26FN3. The van der Waals surface area contributed by atoms with Crippen molar-refractivity contribution in [3.63, 3.8) is 0 Å². The van der Waals surface area contributed by atoms with Crippen molar-refractivity contribution in [3.05, 3.63) is 29.8 Å². The molecule has 3 unspecified atom stereocenters. The van der Waals surface area contributed by atoms with Crippen LogP contribution in [-0.2, 0) is 0 Å². The molecule has 4 heteroatoms. The summed E-state index contributed by atoms with van der Waals surface area (Å²) in [5.74, 6) is 0.508. The van der Waals surface area contributed by atoms with E-state index in [0.717, 1.165) is 36.7 Å². The average molecular weight is 291 g/mol. The second-order valence-electron chi connectivity index (χ2n) is 6.66. The van der Waals surface area contributed by atoms with E-state index in [-0.39, 0.29) is 11.9 Å². The Labute approximate surface area is 126 Å². The third kappa shape index (κ3) is 3.27. The molecule has 2 aliphatic heterocycles. The molecule has 0 saturated carbocycles. The van der Waals surface area contributed by atoms with Gasteiger partial charge in [0.05, 0.1) is 11.9 Å². The highest BCUT2D eigenvalue weighted by atomic mass is 19.1. The minimum absolute atomic E-state index is 0.239. The van der Waals surface area contributed by atoms with Crippen molar-refractivity contribution in [2.24, 2.45) is 5.92 Å². The molecule has 1 aromatic rings. The molecule has 21 heavy (non-hydrogen) atoms. The second-order valence-corrected chi connectivity index (χ2v) is 6.66. The van der Waals surface area contributed by atoms with Gasteiger partial charge in [-0.1, -0.05) is 6.92 Å². The molecule has 2 saturated heterocycles. The van der Waals surface area contributed by atoms with E-state index in [1.807, 2.05) is 0 Å². The summed E-state index contributed by atoms with van der Waals surface area (Å²) in [6, 6.07) is 5.12. The number of nitrogens with zero attached hydrogens (tertiary/aromatic N) is 2. The molecule has 116 valence electrons. The highest BCUT2D eigenvalue weighted by molar-refractivity contribution is 5.09. The van der Waals surface area contributed by atoms with E-state index in [0.29, 0.717) is 0 Å². The summed E-state index contributed by atoms with van der Waals surface area (Å²) in [6.45, 7) is 3.21. The molecule has 2 bridgehead atoms. The summed E-state index contributed by atoms with van der Waals surface area (Å²) in [5.41, 5.74) is 0.954. The van der Waals surface area contributed by atoms with E-state index < -0.39 is 0 Å². The highest BCUT2D eigenvalue weighted by Crippen LogP contribution is 2.37. The molecule has 3 heterocycles. The summed E-state index contributed by atoms with van der Waals surface area (Å²) >= 11 is 0. The van der Waals surface area contributed by atoms with Crippen molar-refractivity contribution < 1.29 is 4.39 Å². The van der Waals surface area contributed by atoms with Gasteiger partial charge in [0.1, 0.15) is 5.82 Å². The number of fused-ring (bicyclic) bond motifs is 2. The summed E-state index contributed by atoms with van der Waals surface area (Å²) in [5, 5.41) is 3.66. The molecule has 0 spiro atoms. The van der Waals surface area contributed by atoms with Gasteiger partial charge in [0.25, 0.3) is 0 Å². The molecule has 0 aliphatic carbocycles. The van der Waals surface area contributed by atoms with E-state index in [2.05, 4.69) is 29.2 Å². The van der Waals surface area contributed by atoms with Crippen LogP contribution in [0.15, 0.2) is 18.3 Å². The Hall–Kier alpha value is -1.00. The zero-order valence-corrected chi connectivity index (χ0v) is 13.1. The van der Waals surface area contributed by atoms with Crippen LogP contribution in [0.2, 0.25) is 0 Å². The number of nitrogens with one attached hydrogen (secondary N) is 1. The monoisotopic (exact) mass is 291 g/mol. The van der Waals surface area contributed by atoms with Crippen LogP contribution in [0.5, 0.6) is 0 Å². The van der Waals surface area contributed by atoms with E-state index in [1.165, 1.54) is 37.9 Å². The smallest absolute Gasteiger partial charge is 0.141 e. The number of piperidine rings is 1. The Morgan fingerprint density at radius 2 is 2.05 bits per heavy atom. The van der Waals surface area contributed by atoms with Crippen molar-refractivity contribution >= 4 is 0 Å². The standard InChI is InChI=1S/C17H26FN3/c1-3-16(17-7-4-13(18)11-20-17)19-10-12-8-14-5-6-15(9-12)21(14)2/h4,7,11-12,14-16,19H,3,5-6,8-10H2,1-2H3. The Morgan fingerprint density at radius 3 is 2.62 bits per heavy atom. The van der Waals surface area contributed by atoms with E-state index >= 15 is 0 Å². The molecule has 0 aromatic carbocycles. The van der Waals surface area contributed by atoms with Crippen molar-refractivity contribution in [1.82, 2.24) is 15.2 Å². The molecule has 0 radical (unpaired) electrons. The van der Waals surface area contributed by atoms with Gasteiger partial charge in [0.2, 0.25) is 0 Å². The lowest BCUT2D eigenvalue weighted by Gasteiger charge is -2.37. The van der Waals surface area contributed by atoms with E-state index in [9.17, 15) is 4.39 Å². The first-order chi connectivity index (χ1) is 10.2. The Balaban J connectivity index is 1.55. The molecule has 3 atom stereocenters. The highest BCUT2D eigenvalue weighted by Gasteiger charge is 2.38. The van der Waals surface area contributed by atoms with Crippen LogP contribution in [0.1, 0.15) is 50.8 Å². The molecule has 0 amide bonds. The average Bonchev–Trinajstić information content (AvgIpc) is 2.72. The second kappa shape index (κ2) is 6.41. The number of rotatable bonds is 5. The summed E-state index contributed by atoms with van der Waals surface area (Å²) < 4.78 is 13.0. The topological polar surface area (TPSA) is 28.2 Å². The van der Waals surface area contributed by atoms with E-state index in [1.54, 1.807) is 6.07 Å². The van der Waals surface area contributed by atoms with Crippen LogP contribution in [-0.4, -0.2) is 35.6 Å². The van der Waals surface area contributed by atoms with Crippen molar-refractivity contribution in [2.75, 3.05) is 13.6 Å². The summed E-state index contributed by atoms with van der Waals surface area (Å²) in [7, 11) is 2.28. The first-order valence-corrected chi connectivity index (χ1v) is 8.24. The van der Waals surface area contributed by atoms with Gasteiger partial charge < -0.3 is 10.2 Å². The molecule has 2 aliphatic rings. The fraction of sp³-hybridized carbons (Fsp3) is 0.706. The molecule has 1 N–H and O–H groups in total. The van der Waals surface area contributed by atoms with E-state index in [4.69, 9.17) is 0 Å². The van der Waals surface area contributed by atoms with Gasteiger partial charge in [0.15, 0.2) is 0 Å². The van der Waals surface area contributed by atoms with Crippen molar-refractivity contribution in [3.8, 4) is 0 Å². The number of pyridine rings is 1. The summed E-state index contributed by atoms with van der Waals surface area (Å²) in [6.07, 6.45) is 7.66. The third-order valence-corrected chi connectivity index (χ3v) is 5.36. The third-order valence-electron chi connectivity index (χ3n) is 5.36. The van der Waals surface area contributed by atoms with Gasteiger partial charge in [-0.05, 0) is 63.7 Å². The molecule has 1 aromatic heterocycles. The normalized spacial score (nSPS) is 30.5. The van der Waals surface area contributed by atoms with Crippen molar-refractivity contribution in [1.29, 1.82) is 0 Å². The first-order valence-electron chi connectivity index (χ1n) is 8.24. The molecule has 3 rings (SSSR count). The van der Waals surface area contributed by atoms with Crippen LogP contribution in [0.3, 0.4) is 0 Å². The Morgan fingerprint density at radius 1 is 1.33 bits per heavy atom. The minimum atomic E-state index is -0.263. The number of halogens is 1. The quantitative estimate of drug-likeness (QED) is 0.903. The molecule has 2 fully saturated rings. The SMILES string of the molecule is CCC(NCC1CC2CCC(C1)N2C)c1ccc(F)cn1. The maximum Gasteiger partial charge on any atom is 0.141 e. The minimum Gasteiger partial charge on any atom is -0.308 e. The van der Waals surface area contributed by atoms with Crippen LogP contribution in [0.4, 0.5) is 4.39 Å². The Bertz CT molecular complexity index is 448. The van der Waals surface area contributed by atoms with Crippen LogP contribution < -0.4 is 5.32 Å². The zero-order valence-electron chi connectivity index (χ0n) is 13.1. The van der Waals surface area contributed by atoms with Gasteiger partial charge in [0, 0.05) is 18.1 Å².